The predicted molar refractivity (Wildman–Crippen MR) is 80.9 cm³/mol. The molecule has 2 rings (SSSR count). The van der Waals surface area contributed by atoms with Crippen LogP contribution in [0.4, 0.5) is 22.0 Å². The lowest BCUT2D eigenvalue weighted by Crippen LogP contribution is -2.05. The minimum absolute atomic E-state index is 0.342. The van der Waals surface area contributed by atoms with Crippen molar-refractivity contribution in [2.75, 3.05) is 7.11 Å². The first-order valence-electron chi connectivity index (χ1n) is 6.71. The van der Waals surface area contributed by atoms with Crippen molar-refractivity contribution >= 4 is 15.9 Å². The van der Waals surface area contributed by atoms with Crippen molar-refractivity contribution in [3.05, 3.63) is 69.9 Å². The summed E-state index contributed by atoms with van der Waals surface area (Å²) in [5.74, 6) is -10.8. The molecule has 0 aliphatic carbocycles. The van der Waals surface area contributed by atoms with Crippen LogP contribution >= 0.6 is 0 Å². The summed E-state index contributed by atoms with van der Waals surface area (Å²) in [4.78, 5) is 0. The van der Waals surface area contributed by atoms with Crippen LogP contribution in [-0.2, 0) is 15.6 Å². The molecule has 0 unspecified atom stereocenters. The lowest BCUT2D eigenvalue weighted by molar-refractivity contribution is 0.377. The van der Waals surface area contributed by atoms with Crippen molar-refractivity contribution in [1.29, 1.82) is 0 Å². The van der Waals surface area contributed by atoms with E-state index in [0.29, 0.717) is 22.8 Å². The first-order valence-corrected chi connectivity index (χ1v) is 8.43. The zero-order valence-corrected chi connectivity index (χ0v) is 13.5. The number of rotatable bonds is 5. The lowest BCUT2D eigenvalue weighted by Gasteiger charge is -2.05. The standard InChI is InChI=1S/C16H11F5O3S/c1-24-10-4-2-9(3-5-10)8-25(22,23)7-6-11-12(17)14(19)16(21)15(20)13(11)18/h2-7H,8H2,1H3/b7-6-. The Kier molecular flexibility index (Phi) is 5.46. The van der Waals surface area contributed by atoms with Gasteiger partial charge in [-0.2, -0.15) is 0 Å². The second-order valence-electron chi connectivity index (χ2n) is 4.94. The summed E-state index contributed by atoms with van der Waals surface area (Å²) in [5.41, 5.74) is -0.974. The molecule has 2 aromatic carbocycles. The average Bonchev–Trinajstić information content (AvgIpc) is 2.58. The summed E-state index contributed by atoms with van der Waals surface area (Å²) in [7, 11) is -2.59. The lowest BCUT2D eigenvalue weighted by atomic mass is 10.1. The van der Waals surface area contributed by atoms with Gasteiger partial charge in [0.15, 0.2) is 33.1 Å². The van der Waals surface area contributed by atoms with Gasteiger partial charge in [-0.15, -0.1) is 0 Å². The number of hydrogen-bond acceptors (Lipinski definition) is 3. The molecule has 0 aliphatic rings. The SMILES string of the molecule is COc1ccc(CS(=O)(=O)/C=C\c2c(F)c(F)c(F)c(F)c2F)cc1. The number of hydrogen-bond donors (Lipinski definition) is 0. The fraction of sp³-hybridized carbons (Fsp3) is 0.125. The monoisotopic (exact) mass is 378 g/mol. The molecule has 134 valence electrons. The van der Waals surface area contributed by atoms with Crippen LogP contribution in [0.1, 0.15) is 11.1 Å². The Morgan fingerprint density at radius 3 is 1.84 bits per heavy atom. The molecule has 0 amide bonds. The Hall–Kier alpha value is -2.42. The van der Waals surface area contributed by atoms with Gasteiger partial charge in [-0.1, -0.05) is 12.1 Å². The molecule has 0 saturated carbocycles. The van der Waals surface area contributed by atoms with Crippen LogP contribution in [0, 0.1) is 29.1 Å². The highest BCUT2D eigenvalue weighted by atomic mass is 32.2. The molecule has 0 aliphatic heterocycles. The summed E-state index contributed by atoms with van der Waals surface area (Å²) in [6.45, 7) is 0. The molecule has 0 bridgehead atoms. The maximum atomic E-state index is 13.5. The molecule has 0 radical (unpaired) electrons. The van der Waals surface area contributed by atoms with Gasteiger partial charge in [-0.3, -0.25) is 0 Å². The number of sulfone groups is 1. The average molecular weight is 378 g/mol. The Labute approximate surface area is 140 Å². The summed E-state index contributed by atoms with van der Waals surface area (Å²) in [5, 5.41) is 0.398. The van der Waals surface area contributed by atoms with Crippen LogP contribution in [0.25, 0.3) is 6.08 Å². The third kappa shape index (κ3) is 4.16. The summed E-state index contributed by atoms with van der Waals surface area (Å²) >= 11 is 0. The summed E-state index contributed by atoms with van der Waals surface area (Å²) < 4.78 is 95.0. The molecular weight excluding hydrogens is 367 g/mol. The quantitative estimate of drug-likeness (QED) is 0.449. The third-order valence-electron chi connectivity index (χ3n) is 3.21. The molecule has 0 N–H and O–H groups in total. The van der Waals surface area contributed by atoms with Gasteiger partial charge in [0.25, 0.3) is 0 Å². The highest BCUT2D eigenvalue weighted by Gasteiger charge is 2.24. The van der Waals surface area contributed by atoms with E-state index in [0.717, 1.165) is 0 Å². The van der Waals surface area contributed by atoms with Crippen molar-refractivity contribution in [1.82, 2.24) is 0 Å². The molecule has 0 fully saturated rings. The van der Waals surface area contributed by atoms with Crippen LogP contribution in [0.3, 0.4) is 0 Å². The maximum Gasteiger partial charge on any atom is 0.200 e. The predicted octanol–water partition coefficient (Wildman–Crippen LogP) is 3.98. The van der Waals surface area contributed by atoms with E-state index in [1.165, 1.54) is 31.4 Å². The van der Waals surface area contributed by atoms with Crippen LogP contribution < -0.4 is 4.74 Å². The molecule has 0 saturated heterocycles. The second-order valence-corrected chi connectivity index (χ2v) is 6.83. The molecule has 0 spiro atoms. The van der Waals surface area contributed by atoms with E-state index in [9.17, 15) is 30.4 Å². The Balaban J connectivity index is 2.31. The van der Waals surface area contributed by atoms with Gasteiger partial charge < -0.3 is 4.74 Å². The van der Waals surface area contributed by atoms with E-state index < -0.39 is 50.2 Å². The summed E-state index contributed by atoms with van der Waals surface area (Å²) in [6.07, 6.45) is 0.342. The van der Waals surface area contributed by atoms with Crippen molar-refractivity contribution in [3.8, 4) is 5.75 Å². The van der Waals surface area contributed by atoms with Gasteiger partial charge in [0.2, 0.25) is 5.82 Å². The maximum absolute atomic E-state index is 13.5. The van der Waals surface area contributed by atoms with Crippen LogP contribution in [0.2, 0.25) is 0 Å². The van der Waals surface area contributed by atoms with Gasteiger partial charge in [-0.05, 0) is 23.8 Å². The molecule has 3 nitrogen and oxygen atoms in total. The fourth-order valence-corrected chi connectivity index (χ4v) is 3.04. The van der Waals surface area contributed by atoms with Gasteiger partial charge in [0.1, 0.15) is 5.75 Å². The molecule has 9 heteroatoms. The highest BCUT2D eigenvalue weighted by Crippen LogP contribution is 2.24. The molecule has 0 heterocycles. The Morgan fingerprint density at radius 1 is 0.880 bits per heavy atom. The zero-order valence-electron chi connectivity index (χ0n) is 12.7. The van der Waals surface area contributed by atoms with Crippen LogP contribution in [0.5, 0.6) is 5.75 Å². The number of ether oxygens (including phenoxy) is 1. The fourth-order valence-electron chi connectivity index (χ4n) is 1.94. The molecule has 2 aromatic rings. The summed E-state index contributed by atoms with van der Waals surface area (Å²) in [6, 6.07) is 5.95. The van der Waals surface area contributed by atoms with Gasteiger partial charge in [0.05, 0.1) is 18.4 Å². The molecular formula is C16H11F5O3S. The van der Waals surface area contributed by atoms with E-state index in [4.69, 9.17) is 4.74 Å². The Morgan fingerprint density at radius 2 is 1.36 bits per heavy atom. The Bertz CT molecular complexity index is 893. The van der Waals surface area contributed by atoms with E-state index in [-0.39, 0.29) is 0 Å². The molecule has 25 heavy (non-hydrogen) atoms. The van der Waals surface area contributed by atoms with Gasteiger partial charge >= 0.3 is 0 Å². The number of halogens is 5. The third-order valence-corrected chi connectivity index (χ3v) is 4.50. The van der Waals surface area contributed by atoms with Gasteiger partial charge in [0, 0.05) is 5.41 Å². The number of benzene rings is 2. The smallest absolute Gasteiger partial charge is 0.200 e. The van der Waals surface area contributed by atoms with E-state index in [2.05, 4.69) is 0 Å². The zero-order chi connectivity index (χ0) is 18.8. The van der Waals surface area contributed by atoms with Crippen LogP contribution in [0.15, 0.2) is 29.7 Å². The van der Waals surface area contributed by atoms with E-state index >= 15 is 0 Å². The molecule has 0 atom stereocenters. The first-order chi connectivity index (χ1) is 11.7. The van der Waals surface area contributed by atoms with E-state index in [1.54, 1.807) is 0 Å². The van der Waals surface area contributed by atoms with E-state index in [1.807, 2.05) is 0 Å². The molecule has 0 aromatic heterocycles. The second kappa shape index (κ2) is 7.22. The largest absolute Gasteiger partial charge is 0.497 e. The van der Waals surface area contributed by atoms with Crippen molar-refractivity contribution in [2.45, 2.75) is 5.75 Å². The normalized spacial score (nSPS) is 11.9. The van der Waals surface area contributed by atoms with Crippen molar-refractivity contribution in [3.63, 3.8) is 0 Å². The first kappa shape index (κ1) is 18.9. The van der Waals surface area contributed by atoms with Crippen molar-refractivity contribution < 1.29 is 35.1 Å². The van der Waals surface area contributed by atoms with Gasteiger partial charge in [-0.25, -0.2) is 30.4 Å². The minimum atomic E-state index is -4.02. The van der Waals surface area contributed by atoms with Crippen molar-refractivity contribution in [2.24, 2.45) is 0 Å². The van der Waals surface area contributed by atoms with Crippen LogP contribution in [-0.4, -0.2) is 15.5 Å². The topological polar surface area (TPSA) is 43.4 Å². The number of methoxy groups -OCH3 is 1. The highest BCUT2D eigenvalue weighted by molar-refractivity contribution is 7.93. The minimum Gasteiger partial charge on any atom is -0.497 e.